The number of hydrogen-bond acceptors (Lipinski definition) is 5. The summed E-state index contributed by atoms with van der Waals surface area (Å²) in [5.41, 5.74) is 2.25. The Morgan fingerprint density at radius 2 is 2.29 bits per heavy atom. The normalized spacial score (nSPS) is 17.0. The highest BCUT2D eigenvalue weighted by molar-refractivity contribution is 5.79. The first-order valence-corrected chi connectivity index (χ1v) is 9.80. The summed E-state index contributed by atoms with van der Waals surface area (Å²) >= 11 is 0. The SMILES string of the molecule is CCNC(=NCc1ccc(C)cc1OCC1CCOC1)NCc1ncnn1C. The molecule has 2 aromatic rings. The molecule has 1 unspecified atom stereocenters. The molecular formula is C20H30N6O2. The number of guanidine groups is 1. The number of aryl methyl sites for hydroxylation is 2. The molecule has 3 rings (SSSR count). The van der Waals surface area contributed by atoms with Crippen molar-refractivity contribution in [3.63, 3.8) is 0 Å². The molecule has 1 atom stereocenters. The molecule has 1 aliphatic rings. The molecule has 0 saturated carbocycles. The van der Waals surface area contributed by atoms with Gasteiger partial charge in [-0.05, 0) is 31.9 Å². The molecule has 1 fully saturated rings. The predicted molar refractivity (Wildman–Crippen MR) is 108 cm³/mol. The third kappa shape index (κ3) is 5.69. The van der Waals surface area contributed by atoms with Crippen molar-refractivity contribution < 1.29 is 9.47 Å². The van der Waals surface area contributed by atoms with Crippen molar-refractivity contribution in [1.29, 1.82) is 0 Å². The Hall–Kier alpha value is -2.61. The van der Waals surface area contributed by atoms with Gasteiger partial charge in [0.25, 0.3) is 0 Å². The number of rotatable bonds is 8. The number of aliphatic imine (C=N–C) groups is 1. The highest BCUT2D eigenvalue weighted by atomic mass is 16.5. The summed E-state index contributed by atoms with van der Waals surface area (Å²) in [7, 11) is 1.87. The van der Waals surface area contributed by atoms with Crippen molar-refractivity contribution in [2.24, 2.45) is 18.0 Å². The van der Waals surface area contributed by atoms with Gasteiger partial charge in [-0.15, -0.1) is 0 Å². The van der Waals surface area contributed by atoms with Gasteiger partial charge in [0.05, 0.1) is 26.3 Å². The van der Waals surface area contributed by atoms with Crippen LogP contribution in [0.3, 0.4) is 0 Å². The molecule has 1 aliphatic heterocycles. The Balaban J connectivity index is 1.64. The Bertz CT molecular complexity index is 783. The van der Waals surface area contributed by atoms with E-state index in [1.807, 2.05) is 14.0 Å². The Morgan fingerprint density at radius 3 is 3.00 bits per heavy atom. The van der Waals surface area contributed by atoms with Gasteiger partial charge in [0.1, 0.15) is 17.9 Å². The summed E-state index contributed by atoms with van der Waals surface area (Å²) in [4.78, 5) is 8.94. The van der Waals surface area contributed by atoms with Gasteiger partial charge in [-0.25, -0.2) is 9.98 Å². The summed E-state index contributed by atoms with van der Waals surface area (Å²) in [6, 6.07) is 6.27. The molecule has 0 amide bonds. The van der Waals surface area contributed by atoms with E-state index in [1.54, 1.807) is 11.0 Å². The average molecular weight is 387 g/mol. The van der Waals surface area contributed by atoms with E-state index in [0.29, 0.717) is 25.6 Å². The summed E-state index contributed by atoms with van der Waals surface area (Å²) in [6.45, 7) is 8.30. The number of hydrogen-bond donors (Lipinski definition) is 2. The van der Waals surface area contributed by atoms with Crippen LogP contribution in [0.4, 0.5) is 0 Å². The predicted octanol–water partition coefficient (Wildman–Crippen LogP) is 1.79. The molecule has 0 bridgehead atoms. The van der Waals surface area contributed by atoms with Crippen LogP contribution >= 0.6 is 0 Å². The lowest BCUT2D eigenvalue weighted by molar-refractivity contribution is 0.166. The van der Waals surface area contributed by atoms with Crippen molar-refractivity contribution in [3.8, 4) is 5.75 Å². The maximum atomic E-state index is 6.12. The Kier molecular flexibility index (Phi) is 7.25. The molecule has 8 nitrogen and oxygen atoms in total. The first-order chi connectivity index (χ1) is 13.7. The van der Waals surface area contributed by atoms with E-state index in [0.717, 1.165) is 49.3 Å². The zero-order chi connectivity index (χ0) is 19.8. The second-order valence-corrected chi connectivity index (χ2v) is 7.00. The fourth-order valence-corrected chi connectivity index (χ4v) is 3.00. The fourth-order valence-electron chi connectivity index (χ4n) is 3.00. The molecule has 2 heterocycles. The summed E-state index contributed by atoms with van der Waals surface area (Å²) in [5, 5.41) is 10.7. The molecule has 28 heavy (non-hydrogen) atoms. The minimum Gasteiger partial charge on any atom is -0.493 e. The first-order valence-electron chi connectivity index (χ1n) is 9.80. The molecule has 152 valence electrons. The highest BCUT2D eigenvalue weighted by Crippen LogP contribution is 2.23. The molecule has 0 aliphatic carbocycles. The number of benzene rings is 1. The zero-order valence-electron chi connectivity index (χ0n) is 16.9. The van der Waals surface area contributed by atoms with E-state index >= 15 is 0 Å². The second-order valence-electron chi connectivity index (χ2n) is 7.00. The van der Waals surface area contributed by atoms with Crippen molar-refractivity contribution in [1.82, 2.24) is 25.4 Å². The molecule has 1 saturated heterocycles. The summed E-state index contributed by atoms with van der Waals surface area (Å²) in [6.07, 6.45) is 2.61. The maximum Gasteiger partial charge on any atom is 0.191 e. The lowest BCUT2D eigenvalue weighted by Crippen LogP contribution is -2.37. The van der Waals surface area contributed by atoms with Crippen molar-refractivity contribution in [2.45, 2.75) is 33.4 Å². The Labute approximate surface area is 166 Å². The Morgan fingerprint density at radius 1 is 1.39 bits per heavy atom. The fraction of sp³-hybridized carbons (Fsp3) is 0.550. The van der Waals surface area contributed by atoms with Crippen LogP contribution in [0, 0.1) is 12.8 Å². The van der Waals surface area contributed by atoms with Gasteiger partial charge >= 0.3 is 0 Å². The highest BCUT2D eigenvalue weighted by Gasteiger charge is 2.17. The van der Waals surface area contributed by atoms with Gasteiger partial charge in [0.15, 0.2) is 5.96 Å². The van der Waals surface area contributed by atoms with E-state index in [-0.39, 0.29) is 0 Å². The van der Waals surface area contributed by atoms with E-state index in [2.05, 4.69) is 45.8 Å². The van der Waals surface area contributed by atoms with Gasteiger partial charge in [0, 0.05) is 31.7 Å². The number of nitrogens with one attached hydrogen (secondary N) is 2. The van der Waals surface area contributed by atoms with Crippen LogP contribution in [-0.2, 0) is 24.9 Å². The largest absolute Gasteiger partial charge is 0.493 e. The quantitative estimate of drug-likeness (QED) is 0.531. The molecule has 0 spiro atoms. The first kappa shape index (κ1) is 20.1. The maximum absolute atomic E-state index is 6.12. The van der Waals surface area contributed by atoms with E-state index in [1.165, 1.54) is 5.56 Å². The van der Waals surface area contributed by atoms with Crippen LogP contribution in [0.2, 0.25) is 0 Å². The van der Waals surface area contributed by atoms with Gasteiger partial charge < -0.3 is 20.1 Å². The van der Waals surface area contributed by atoms with Gasteiger partial charge in [-0.2, -0.15) is 5.10 Å². The molecule has 2 N–H and O–H groups in total. The smallest absolute Gasteiger partial charge is 0.191 e. The number of aromatic nitrogens is 3. The van der Waals surface area contributed by atoms with Crippen LogP contribution in [-0.4, -0.2) is 47.1 Å². The summed E-state index contributed by atoms with van der Waals surface area (Å²) < 4.78 is 13.3. The van der Waals surface area contributed by atoms with Crippen LogP contribution in [0.1, 0.15) is 30.3 Å². The minimum absolute atomic E-state index is 0.474. The summed E-state index contributed by atoms with van der Waals surface area (Å²) in [5.74, 6) is 2.96. The van der Waals surface area contributed by atoms with Crippen LogP contribution in [0.25, 0.3) is 0 Å². The molecule has 1 aromatic carbocycles. The standard InChI is InChI=1S/C20H30N6O2/c1-4-21-20(23-11-19-24-14-25-26(19)3)22-10-17-6-5-15(2)9-18(17)28-13-16-7-8-27-12-16/h5-6,9,14,16H,4,7-8,10-13H2,1-3H3,(H2,21,22,23). The molecule has 8 heteroatoms. The minimum atomic E-state index is 0.474. The topological polar surface area (TPSA) is 85.6 Å². The second kappa shape index (κ2) is 10.1. The third-order valence-electron chi connectivity index (χ3n) is 4.69. The van der Waals surface area contributed by atoms with Crippen LogP contribution < -0.4 is 15.4 Å². The third-order valence-corrected chi connectivity index (χ3v) is 4.69. The average Bonchev–Trinajstić information content (AvgIpc) is 3.35. The van der Waals surface area contributed by atoms with Crippen LogP contribution in [0.5, 0.6) is 5.75 Å². The zero-order valence-corrected chi connectivity index (χ0v) is 16.9. The number of nitrogens with zero attached hydrogens (tertiary/aromatic N) is 4. The number of ether oxygens (including phenoxy) is 2. The molecular weight excluding hydrogens is 356 g/mol. The van der Waals surface area contributed by atoms with E-state index < -0.39 is 0 Å². The van der Waals surface area contributed by atoms with Crippen molar-refractivity contribution in [2.75, 3.05) is 26.4 Å². The van der Waals surface area contributed by atoms with E-state index in [4.69, 9.17) is 14.5 Å². The van der Waals surface area contributed by atoms with Crippen molar-refractivity contribution >= 4 is 5.96 Å². The van der Waals surface area contributed by atoms with Crippen LogP contribution in [0.15, 0.2) is 29.5 Å². The van der Waals surface area contributed by atoms with Gasteiger partial charge in [0.2, 0.25) is 0 Å². The van der Waals surface area contributed by atoms with E-state index in [9.17, 15) is 0 Å². The van der Waals surface area contributed by atoms with Gasteiger partial charge in [-0.1, -0.05) is 12.1 Å². The molecule has 1 aromatic heterocycles. The lowest BCUT2D eigenvalue weighted by atomic mass is 10.1. The monoisotopic (exact) mass is 386 g/mol. The van der Waals surface area contributed by atoms with Crippen molar-refractivity contribution in [3.05, 3.63) is 41.5 Å². The molecule has 0 radical (unpaired) electrons. The lowest BCUT2D eigenvalue weighted by Gasteiger charge is -2.15. The van der Waals surface area contributed by atoms with Gasteiger partial charge in [-0.3, -0.25) is 4.68 Å².